The molecule has 0 radical (unpaired) electrons. The smallest absolute Gasteiger partial charge is 0.323 e. The van der Waals surface area contributed by atoms with Gasteiger partial charge in [-0.2, -0.15) is 0 Å². The first kappa shape index (κ1) is 11.5. The summed E-state index contributed by atoms with van der Waals surface area (Å²) < 4.78 is 0. The van der Waals surface area contributed by atoms with Gasteiger partial charge in [-0.05, 0) is 19.4 Å². The molecule has 1 heterocycles. The summed E-state index contributed by atoms with van der Waals surface area (Å²) in [6.07, 6.45) is 6.77. The first-order valence-corrected chi connectivity index (χ1v) is 4.82. The zero-order chi connectivity index (χ0) is 11.3. The maximum atomic E-state index is 11.8. The monoisotopic (exact) mass is 210 g/mol. The summed E-state index contributed by atoms with van der Waals surface area (Å²) in [4.78, 5) is 23.5. The lowest BCUT2D eigenvalue weighted by molar-refractivity contribution is -0.144. The largest absolute Gasteiger partial charge is 0.480 e. The topological polar surface area (TPSA) is 69.6 Å². The molecule has 1 rings (SSSR count). The molecule has 0 unspecified atom stereocenters. The fourth-order valence-electron chi connectivity index (χ4n) is 1.60. The van der Waals surface area contributed by atoms with Gasteiger partial charge in [0.05, 0.1) is 12.6 Å². The molecule has 1 aliphatic heterocycles. The number of hydrogen-bond donors (Lipinski definition) is 2. The van der Waals surface area contributed by atoms with Crippen molar-refractivity contribution < 1.29 is 14.7 Å². The predicted octanol–water partition coefficient (Wildman–Crippen LogP) is -0.715. The molecule has 0 aromatic heterocycles. The lowest BCUT2D eigenvalue weighted by Gasteiger charge is -2.21. The molecule has 82 valence electrons. The maximum absolute atomic E-state index is 11.8. The van der Waals surface area contributed by atoms with E-state index in [1.807, 2.05) is 0 Å². The minimum absolute atomic E-state index is 0.0450. The van der Waals surface area contributed by atoms with E-state index < -0.39 is 5.97 Å². The number of carboxylic acids is 1. The van der Waals surface area contributed by atoms with Gasteiger partial charge < -0.3 is 15.3 Å². The molecule has 15 heavy (non-hydrogen) atoms. The van der Waals surface area contributed by atoms with Crippen LogP contribution in [0.25, 0.3) is 0 Å². The molecule has 1 aliphatic rings. The highest BCUT2D eigenvalue weighted by Crippen LogP contribution is 2.08. The molecule has 1 fully saturated rings. The maximum Gasteiger partial charge on any atom is 0.323 e. The Hall–Kier alpha value is -1.54. The van der Waals surface area contributed by atoms with Gasteiger partial charge in [0, 0.05) is 0 Å². The van der Waals surface area contributed by atoms with Gasteiger partial charge in [-0.25, -0.2) is 0 Å². The van der Waals surface area contributed by atoms with Crippen molar-refractivity contribution in [1.82, 2.24) is 10.2 Å². The number of amides is 1. The normalized spacial score (nSPS) is 19.5. The molecule has 0 aromatic carbocycles. The first-order chi connectivity index (χ1) is 7.15. The number of nitrogens with zero attached hydrogens (tertiary/aromatic N) is 1. The summed E-state index contributed by atoms with van der Waals surface area (Å²) >= 11 is 0. The van der Waals surface area contributed by atoms with E-state index in [-0.39, 0.29) is 25.0 Å². The van der Waals surface area contributed by atoms with Gasteiger partial charge in [-0.1, -0.05) is 5.92 Å². The molecule has 1 atom stereocenters. The Morgan fingerprint density at radius 1 is 1.60 bits per heavy atom. The van der Waals surface area contributed by atoms with Gasteiger partial charge in [0.1, 0.15) is 6.54 Å². The molecule has 5 nitrogen and oxygen atoms in total. The molecule has 0 aliphatic carbocycles. The highest BCUT2D eigenvalue weighted by molar-refractivity contribution is 5.85. The Labute approximate surface area is 88.4 Å². The van der Waals surface area contributed by atoms with Crippen LogP contribution in [0, 0.1) is 12.3 Å². The SMILES string of the molecule is C#CCN(CC(=O)O)C(=O)[C@H]1CCCN1. The Morgan fingerprint density at radius 3 is 2.80 bits per heavy atom. The zero-order valence-corrected chi connectivity index (χ0v) is 8.40. The minimum Gasteiger partial charge on any atom is -0.480 e. The van der Waals surface area contributed by atoms with Crippen LogP contribution in [0.2, 0.25) is 0 Å². The molecular formula is C10H14N2O3. The van der Waals surface area contributed by atoms with Gasteiger partial charge in [-0.3, -0.25) is 9.59 Å². The third-order valence-electron chi connectivity index (χ3n) is 2.28. The summed E-state index contributed by atoms with van der Waals surface area (Å²) in [7, 11) is 0. The molecule has 0 saturated carbocycles. The number of hydrogen-bond acceptors (Lipinski definition) is 3. The molecule has 1 saturated heterocycles. The average Bonchev–Trinajstić information content (AvgIpc) is 2.68. The summed E-state index contributed by atoms with van der Waals surface area (Å²) in [6, 6.07) is -0.266. The average molecular weight is 210 g/mol. The third-order valence-corrected chi connectivity index (χ3v) is 2.28. The minimum atomic E-state index is -1.04. The fraction of sp³-hybridized carbons (Fsp3) is 0.600. The van der Waals surface area contributed by atoms with Crippen molar-refractivity contribution in [3.8, 4) is 12.3 Å². The van der Waals surface area contributed by atoms with Crippen molar-refractivity contribution in [3.05, 3.63) is 0 Å². The van der Waals surface area contributed by atoms with Gasteiger partial charge in [-0.15, -0.1) is 6.42 Å². The van der Waals surface area contributed by atoms with Crippen LogP contribution in [-0.2, 0) is 9.59 Å². The molecule has 0 spiro atoms. The predicted molar refractivity (Wildman–Crippen MR) is 54.1 cm³/mol. The van der Waals surface area contributed by atoms with E-state index in [0.717, 1.165) is 19.4 Å². The Kier molecular flexibility index (Phi) is 4.13. The van der Waals surface area contributed by atoms with E-state index in [9.17, 15) is 9.59 Å². The van der Waals surface area contributed by atoms with Crippen LogP contribution in [0.1, 0.15) is 12.8 Å². The van der Waals surface area contributed by atoms with E-state index in [2.05, 4.69) is 11.2 Å². The number of rotatable bonds is 4. The third kappa shape index (κ3) is 3.26. The van der Waals surface area contributed by atoms with Crippen LogP contribution in [0.15, 0.2) is 0 Å². The Bertz CT molecular complexity index is 290. The van der Waals surface area contributed by atoms with Gasteiger partial charge >= 0.3 is 5.97 Å². The summed E-state index contributed by atoms with van der Waals surface area (Å²) in [6.45, 7) is 0.512. The van der Waals surface area contributed by atoms with Crippen molar-refractivity contribution >= 4 is 11.9 Å². The standard InChI is InChI=1S/C10H14N2O3/c1-2-6-12(7-9(13)14)10(15)8-4-3-5-11-8/h1,8,11H,3-7H2,(H,13,14)/t8-/m1/s1. The highest BCUT2D eigenvalue weighted by atomic mass is 16.4. The van der Waals surface area contributed by atoms with E-state index in [1.165, 1.54) is 4.90 Å². The Balaban J connectivity index is 2.57. The number of nitrogens with one attached hydrogen (secondary N) is 1. The first-order valence-electron chi connectivity index (χ1n) is 4.82. The van der Waals surface area contributed by atoms with Crippen molar-refractivity contribution in [3.63, 3.8) is 0 Å². The zero-order valence-electron chi connectivity index (χ0n) is 8.40. The molecule has 2 N–H and O–H groups in total. The molecule has 0 aromatic rings. The van der Waals surface area contributed by atoms with E-state index in [4.69, 9.17) is 11.5 Å². The van der Waals surface area contributed by atoms with Gasteiger partial charge in [0.15, 0.2) is 0 Å². The second-order valence-electron chi connectivity index (χ2n) is 3.44. The molecular weight excluding hydrogens is 196 g/mol. The van der Waals surface area contributed by atoms with Crippen LogP contribution in [0.4, 0.5) is 0 Å². The van der Waals surface area contributed by atoms with Crippen LogP contribution in [0.5, 0.6) is 0 Å². The molecule has 1 amide bonds. The van der Waals surface area contributed by atoms with Crippen LogP contribution < -0.4 is 5.32 Å². The molecule has 0 bridgehead atoms. The van der Waals surface area contributed by atoms with Crippen molar-refractivity contribution in [2.24, 2.45) is 0 Å². The van der Waals surface area contributed by atoms with Gasteiger partial charge in [0.2, 0.25) is 5.91 Å². The summed E-state index contributed by atoms with van der Waals surface area (Å²) in [5.41, 5.74) is 0. The van der Waals surface area contributed by atoms with Crippen molar-refractivity contribution in [1.29, 1.82) is 0 Å². The number of carbonyl (C=O) groups excluding carboxylic acids is 1. The van der Waals surface area contributed by atoms with Gasteiger partial charge in [0.25, 0.3) is 0 Å². The van der Waals surface area contributed by atoms with Crippen molar-refractivity contribution in [2.45, 2.75) is 18.9 Å². The Morgan fingerprint density at radius 2 is 2.33 bits per heavy atom. The second-order valence-corrected chi connectivity index (χ2v) is 3.44. The summed E-state index contributed by atoms with van der Waals surface area (Å²) in [5, 5.41) is 11.6. The summed E-state index contributed by atoms with van der Waals surface area (Å²) in [5.74, 6) is 1.03. The van der Waals surface area contributed by atoms with Crippen LogP contribution >= 0.6 is 0 Å². The number of terminal acetylenes is 1. The quantitative estimate of drug-likeness (QED) is 0.601. The second kappa shape index (κ2) is 5.37. The highest BCUT2D eigenvalue weighted by Gasteiger charge is 2.27. The lowest BCUT2D eigenvalue weighted by Crippen LogP contribution is -2.45. The van der Waals surface area contributed by atoms with Crippen molar-refractivity contribution in [2.75, 3.05) is 19.6 Å². The number of aliphatic carboxylic acids is 1. The van der Waals surface area contributed by atoms with Crippen LogP contribution in [-0.4, -0.2) is 47.6 Å². The van der Waals surface area contributed by atoms with Crippen LogP contribution in [0.3, 0.4) is 0 Å². The molecule has 5 heteroatoms. The lowest BCUT2D eigenvalue weighted by atomic mass is 10.2. The fourth-order valence-corrected chi connectivity index (χ4v) is 1.60. The van der Waals surface area contributed by atoms with E-state index in [0.29, 0.717) is 0 Å². The van der Waals surface area contributed by atoms with E-state index in [1.54, 1.807) is 0 Å². The van der Waals surface area contributed by atoms with E-state index >= 15 is 0 Å². The number of carbonyl (C=O) groups is 2. The number of carboxylic acid groups (broad SMARTS) is 1.